The molecule has 1 radical (unpaired) electrons. The molecular weight excluding hydrogens is 557 g/mol. The first-order valence-electron chi connectivity index (χ1n) is 13.3. The highest BCUT2D eigenvalue weighted by Crippen LogP contribution is 2.32. The van der Waals surface area contributed by atoms with Gasteiger partial charge < -0.3 is 25.4 Å². The first-order valence-corrected chi connectivity index (χ1v) is 13.3. The summed E-state index contributed by atoms with van der Waals surface area (Å²) in [6.45, 7) is 4.39. The van der Waals surface area contributed by atoms with Gasteiger partial charge in [0.05, 0.1) is 23.4 Å². The molecule has 42 heavy (non-hydrogen) atoms. The van der Waals surface area contributed by atoms with Crippen molar-refractivity contribution in [2.24, 2.45) is 0 Å². The topological polar surface area (TPSA) is 135 Å². The Morgan fingerprint density at radius 1 is 0.952 bits per heavy atom. The van der Waals surface area contributed by atoms with Gasteiger partial charge in [-0.05, 0) is 70.2 Å². The number of alkyl carbamates (subject to hydrolysis) is 1. The Kier molecular flexibility index (Phi) is 10.8. The van der Waals surface area contributed by atoms with Crippen molar-refractivity contribution in [3.8, 4) is 0 Å². The lowest BCUT2D eigenvalue weighted by atomic mass is 9.91. The summed E-state index contributed by atoms with van der Waals surface area (Å²) < 4.78 is 50.3. The third kappa shape index (κ3) is 10.6. The SMILES string of the molecule is CC(C)(C)OC(=O)Nc1ccc(C(F)(F)F)cc1C(=O)NCC(=O)NC1[CH]CCC(NC(=O)OCc2ccccc2)C1. The van der Waals surface area contributed by atoms with Gasteiger partial charge in [0, 0.05) is 12.1 Å². The fraction of sp³-hybridized carbons (Fsp3) is 0.414. The van der Waals surface area contributed by atoms with E-state index >= 15 is 0 Å². The van der Waals surface area contributed by atoms with Crippen LogP contribution in [0, 0.1) is 6.42 Å². The summed E-state index contributed by atoms with van der Waals surface area (Å²) in [5.41, 5.74) is -1.86. The average Bonchev–Trinajstić information content (AvgIpc) is 2.90. The largest absolute Gasteiger partial charge is 0.445 e. The Bertz CT molecular complexity index is 1260. The number of hydrogen-bond acceptors (Lipinski definition) is 6. The van der Waals surface area contributed by atoms with Crippen molar-refractivity contribution in [2.75, 3.05) is 11.9 Å². The van der Waals surface area contributed by atoms with Crippen molar-refractivity contribution in [2.45, 2.75) is 70.5 Å². The van der Waals surface area contributed by atoms with Crippen molar-refractivity contribution in [1.29, 1.82) is 0 Å². The Labute approximate surface area is 241 Å². The van der Waals surface area contributed by atoms with Gasteiger partial charge in [-0.3, -0.25) is 14.9 Å². The van der Waals surface area contributed by atoms with Gasteiger partial charge in [-0.2, -0.15) is 13.2 Å². The van der Waals surface area contributed by atoms with Crippen molar-refractivity contribution < 1.29 is 41.8 Å². The molecule has 0 heterocycles. The van der Waals surface area contributed by atoms with Gasteiger partial charge >= 0.3 is 18.4 Å². The van der Waals surface area contributed by atoms with Crippen LogP contribution in [0.5, 0.6) is 0 Å². The Hall–Kier alpha value is -4.29. The summed E-state index contributed by atoms with van der Waals surface area (Å²) >= 11 is 0. The molecule has 13 heteroatoms. The maximum Gasteiger partial charge on any atom is 0.416 e. The van der Waals surface area contributed by atoms with Gasteiger partial charge in [-0.25, -0.2) is 9.59 Å². The van der Waals surface area contributed by atoms with Gasteiger partial charge in [0.25, 0.3) is 5.91 Å². The molecular formula is C29H34F3N4O6. The molecule has 2 aromatic carbocycles. The highest BCUT2D eigenvalue weighted by atomic mass is 19.4. The summed E-state index contributed by atoms with van der Waals surface area (Å²) in [5.74, 6) is -1.60. The molecule has 2 atom stereocenters. The van der Waals surface area contributed by atoms with Gasteiger partial charge in [0.1, 0.15) is 12.2 Å². The first-order chi connectivity index (χ1) is 19.7. The molecule has 2 unspecified atom stereocenters. The zero-order valence-electron chi connectivity index (χ0n) is 23.5. The second-order valence-electron chi connectivity index (χ2n) is 10.7. The molecule has 0 bridgehead atoms. The number of carbonyl (C=O) groups excluding carboxylic acids is 4. The normalized spacial score (nSPS) is 17.0. The van der Waals surface area contributed by atoms with Crippen LogP contribution >= 0.6 is 0 Å². The van der Waals surface area contributed by atoms with Crippen LogP contribution < -0.4 is 21.3 Å². The maximum atomic E-state index is 13.3. The Balaban J connectivity index is 1.54. The third-order valence-electron chi connectivity index (χ3n) is 6.02. The van der Waals surface area contributed by atoms with E-state index in [0.717, 1.165) is 17.7 Å². The molecule has 2 aromatic rings. The average molecular weight is 592 g/mol. The molecule has 0 aliphatic heterocycles. The van der Waals surface area contributed by atoms with Gasteiger partial charge in [0.2, 0.25) is 5.91 Å². The lowest BCUT2D eigenvalue weighted by Gasteiger charge is -2.29. The van der Waals surface area contributed by atoms with Crippen LogP contribution in [0.4, 0.5) is 28.4 Å². The number of benzene rings is 2. The standard InChI is InChI=1S/C29H34F3N4O6/c1-28(2,3)42-27(40)36-23-13-12-19(29(30,31)32)14-22(23)25(38)33-16-24(37)34-20-10-7-11-21(15-20)35-26(39)41-17-18-8-5-4-6-9-18/h4-6,8-10,12-14,20-21H,7,11,15-17H2,1-3H3,(H,33,38)(H,34,37)(H,35,39)(H,36,40). The molecule has 3 rings (SSSR count). The molecule has 0 aromatic heterocycles. The number of carbonyl (C=O) groups is 4. The number of alkyl halides is 3. The van der Waals surface area contributed by atoms with Crippen molar-refractivity contribution in [3.63, 3.8) is 0 Å². The van der Waals surface area contributed by atoms with E-state index in [1.165, 1.54) is 0 Å². The zero-order chi connectivity index (χ0) is 30.9. The lowest BCUT2D eigenvalue weighted by Crippen LogP contribution is -2.48. The van der Waals surface area contributed by atoms with Crippen LogP contribution in [-0.2, 0) is 27.1 Å². The van der Waals surface area contributed by atoms with Gasteiger partial charge in [-0.15, -0.1) is 0 Å². The second kappa shape index (κ2) is 14.1. The molecule has 1 aliphatic rings. The fourth-order valence-electron chi connectivity index (χ4n) is 4.14. The number of halogens is 3. The number of nitrogens with one attached hydrogen (secondary N) is 4. The van der Waals surface area contributed by atoms with Crippen LogP contribution in [0.15, 0.2) is 48.5 Å². The predicted octanol–water partition coefficient (Wildman–Crippen LogP) is 4.95. The Morgan fingerprint density at radius 3 is 2.33 bits per heavy atom. The summed E-state index contributed by atoms with van der Waals surface area (Å²) in [4.78, 5) is 49.7. The van der Waals surface area contributed by atoms with Crippen molar-refractivity contribution >= 4 is 29.7 Å². The van der Waals surface area contributed by atoms with E-state index in [0.29, 0.717) is 25.3 Å². The molecule has 4 N–H and O–H groups in total. The smallest absolute Gasteiger partial charge is 0.416 e. The number of amides is 4. The van der Waals surface area contributed by atoms with Crippen LogP contribution in [0.3, 0.4) is 0 Å². The Morgan fingerprint density at radius 2 is 1.67 bits per heavy atom. The summed E-state index contributed by atoms with van der Waals surface area (Å²) in [6, 6.07) is 10.8. The number of rotatable bonds is 8. The number of hydrogen-bond donors (Lipinski definition) is 4. The van der Waals surface area contributed by atoms with Crippen LogP contribution in [-0.4, -0.2) is 48.2 Å². The van der Waals surface area contributed by atoms with E-state index < -0.39 is 59.5 Å². The van der Waals surface area contributed by atoms with Crippen molar-refractivity contribution in [3.05, 3.63) is 71.6 Å². The second-order valence-corrected chi connectivity index (χ2v) is 10.7. The highest BCUT2D eigenvalue weighted by Gasteiger charge is 2.32. The molecule has 10 nitrogen and oxygen atoms in total. The summed E-state index contributed by atoms with van der Waals surface area (Å²) in [6.07, 6.45) is -2.79. The van der Waals surface area contributed by atoms with Gasteiger partial charge in [-0.1, -0.05) is 30.3 Å². The van der Waals surface area contributed by atoms with E-state index in [2.05, 4.69) is 21.3 Å². The quantitative estimate of drug-likeness (QED) is 0.343. The zero-order valence-corrected chi connectivity index (χ0v) is 23.5. The molecule has 4 amide bonds. The first kappa shape index (κ1) is 32.2. The summed E-state index contributed by atoms with van der Waals surface area (Å²) in [5, 5.41) is 10.1. The van der Waals surface area contributed by atoms with Crippen LogP contribution in [0.25, 0.3) is 0 Å². The van der Waals surface area contributed by atoms with E-state index in [-0.39, 0.29) is 18.3 Å². The minimum atomic E-state index is -4.74. The molecule has 1 saturated carbocycles. The van der Waals surface area contributed by atoms with E-state index in [1.54, 1.807) is 20.8 Å². The third-order valence-corrected chi connectivity index (χ3v) is 6.02. The van der Waals surface area contributed by atoms with Crippen molar-refractivity contribution in [1.82, 2.24) is 16.0 Å². The maximum absolute atomic E-state index is 13.3. The van der Waals surface area contributed by atoms with Gasteiger partial charge in [0.15, 0.2) is 0 Å². The van der Waals surface area contributed by atoms with E-state index in [4.69, 9.17) is 9.47 Å². The number of ether oxygens (including phenoxy) is 2. The molecule has 227 valence electrons. The predicted molar refractivity (Wildman–Crippen MR) is 147 cm³/mol. The van der Waals surface area contributed by atoms with E-state index in [1.807, 2.05) is 36.8 Å². The monoisotopic (exact) mass is 591 g/mol. The molecule has 0 saturated heterocycles. The molecule has 1 aliphatic carbocycles. The van der Waals surface area contributed by atoms with Crippen LogP contribution in [0.1, 0.15) is 61.5 Å². The minimum Gasteiger partial charge on any atom is -0.445 e. The van der Waals surface area contributed by atoms with Crippen LogP contribution in [0.2, 0.25) is 0 Å². The lowest BCUT2D eigenvalue weighted by molar-refractivity contribution is -0.137. The summed E-state index contributed by atoms with van der Waals surface area (Å²) in [7, 11) is 0. The highest BCUT2D eigenvalue weighted by molar-refractivity contribution is 6.04. The minimum absolute atomic E-state index is 0.117. The fourth-order valence-corrected chi connectivity index (χ4v) is 4.14. The number of anilines is 1. The molecule has 1 fully saturated rings. The van der Waals surface area contributed by atoms with E-state index in [9.17, 15) is 32.3 Å². The molecule has 0 spiro atoms.